The molecule has 2 N–H and O–H groups in total. The highest BCUT2D eigenvalue weighted by Gasteiger charge is 2.38. The Bertz CT molecular complexity index is 1200. The fraction of sp³-hybridized carbons (Fsp3) is 0.688. The molecule has 1 aromatic heterocycles. The predicted molar refractivity (Wildman–Crippen MR) is 163 cm³/mol. The summed E-state index contributed by atoms with van der Waals surface area (Å²) in [5, 5.41) is 12.5. The van der Waals surface area contributed by atoms with Crippen LogP contribution >= 0.6 is 11.3 Å². The van der Waals surface area contributed by atoms with E-state index in [1.165, 1.54) is 0 Å². The molecule has 2 saturated carbocycles. The number of thiophene rings is 1. The summed E-state index contributed by atoms with van der Waals surface area (Å²) in [6, 6.07) is 1.54. The Hall–Kier alpha value is -3.06. The van der Waals surface area contributed by atoms with Crippen LogP contribution in [0.1, 0.15) is 114 Å². The minimum Gasteiger partial charge on any atom is -0.477 e. The summed E-state index contributed by atoms with van der Waals surface area (Å²) in [6.45, 7) is 13.1. The van der Waals surface area contributed by atoms with Crippen molar-refractivity contribution in [3.8, 4) is 11.8 Å². The Morgan fingerprint density at radius 3 is 2.17 bits per heavy atom. The number of carboxylic acid groups (broad SMARTS) is 1. The molecule has 9 nitrogen and oxygen atoms in total. The summed E-state index contributed by atoms with van der Waals surface area (Å²) >= 11 is 1.10. The zero-order valence-corrected chi connectivity index (χ0v) is 26.8. The molecule has 42 heavy (non-hydrogen) atoms. The third-order valence-electron chi connectivity index (χ3n) is 7.41. The number of nitrogens with one attached hydrogen (secondary N) is 1. The molecule has 0 radical (unpaired) electrons. The SMILES string of the molecule is CC(C)(C)C#Cc1cc(N(C(=O)[C@H]2CC[C@H](C)CC2)[C@H]2CC[C@H](OC(=O)CNC(=O)OC(C)(C)C)CC2)c(C(=O)O)s1. The number of ether oxygens (including phenoxy) is 2. The first kappa shape index (κ1) is 33.4. The van der Waals surface area contributed by atoms with Crippen LogP contribution in [0.2, 0.25) is 0 Å². The lowest BCUT2D eigenvalue weighted by Crippen LogP contribution is -2.47. The fourth-order valence-electron chi connectivity index (χ4n) is 5.33. The molecular formula is C32H46N2O7S. The van der Waals surface area contributed by atoms with Crippen LogP contribution in [-0.4, -0.2) is 53.3 Å². The van der Waals surface area contributed by atoms with Crippen molar-refractivity contribution >= 4 is 41.0 Å². The van der Waals surface area contributed by atoms with Crippen LogP contribution in [-0.2, 0) is 19.1 Å². The molecule has 2 amide bonds. The van der Waals surface area contributed by atoms with E-state index in [0.29, 0.717) is 42.2 Å². The average Bonchev–Trinajstić information content (AvgIpc) is 3.31. The molecule has 0 saturated heterocycles. The van der Waals surface area contributed by atoms with Crippen molar-refractivity contribution in [2.24, 2.45) is 17.3 Å². The minimum absolute atomic E-state index is 0.0282. The van der Waals surface area contributed by atoms with Gasteiger partial charge in [0.15, 0.2) is 0 Å². The first-order valence-electron chi connectivity index (χ1n) is 14.9. The van der Waals surface area contributed by atoms with Gasteiger partial charge in [0.25, 0.3) is 0 Å². The van der Waals surface area contributed by atoms with E-state index in [4.69, 9.17) is 9.47 Å². The maximum Gasteiger partial charge on any atom is 0.408 e. The standard InChI is InChI=1S/C32H46N2O7S/c1-20-8-10-21(11-9-20)28(36)34(25-18-24(16-17-31(2,3)4)42-27(25)29(37)38)22-12-14-23(15-13-22)40-26(35)19-33-30(39)41-32(5,6)7/h18,20-23H,8-15,19H2,1-7H3,(H,33,39)(H,37,38)/t20-,21-,22-,23-. The maximum absolute atomic E-state index is 14.1. The number of rotatable bonds is 7. The molecule has 1 aromatic rings. The first-order chi connectivity index (χ1) is 19.5. The zero-order chi connectivity index (χ0) is 31.2. The van der Waals surface area contributed by atoms with Gasteiger partial charge in [0.05, 0.1) is 10.6 Å². The smallest absolute Gasteiger partial charge is 0.408 e. The normalized spacial score (nSPS) is 22.7. The van der Waals surface area contributed by atoms with E-state index in [9.17, 15) is 24.3 Å². The maximum atomic E-state index is 14.1. The van der Waals surface area contributed by atoms with Crippen LogP contribution in [0.4, 0.5) is 10.5 Å². The van der Waals surface area contributed by atoms with Crippen LogP contribution in [0.15, 0.2) is 6.07 Å². The molecular weight excluding hydrogens is 556 g/mol. The van der Waals surface area contributed by atoms with Crippen molar-refractivity contribution in [1.29, 1.82) is 0 Å². The largest absolute Gasteiger partial charge is 0.477 e. The Kier molecular flexibility index (Phi) is 11.1. The Morgan fingerprint density at radius 2 is 1.62 bits per heavy atom. The Morgan fingerprint density at radius 1 is 1.00 bits per heavy atom. The Balaban J connectivity index is 1.76. The van der Waals surface area contributed by atoms with Crippen molar-refractivity contribution in [2.75, 3.05) is 11.4 Å². The van der Waals surface area contributed by atoms with E-state index in [-0.39, 0.29) is 40.8 Å². The number of carbonyl (C=O) groups excluding carboxylic acids is 3. The third-order valence-corrected chi connectivity index (χ3v) is 8.44. The zero-order valence-electron chi connectivity index (χ0n) is 26.0. The number of hydrogen-bond acceptors (Lipinski definition) is 7. The van der Waals surface area contributed by atoms with Gasteiger partial charge in [-0.1, -0.05) is 18.8 Å². The van der Waals surface area contributed by atoms with Crippen LogP contribution in [0.5, 0.6) is 0 Å². The number of nitrogens with zero attached hydrogens (tertiary/aromatic N) is 1. The minimum atomic E-state index is -1.08. The second-order valence-corrected chi connectivity index (χ2v) is 14.6. The van der Waals surface area contributed by atoms with E-state index in [1.54, 1.807) is 31.7 Å². The van der Waals surface area contributed by atoms with Gasteiger partial charge in [-0.25, -0.2) is 9.59 Å². The third kappa shape index (κ3) is 10.0. The summed E-state index contributed by atoms with van der Waals surface area (Å²) in [5.41, 5.74) is -0.509. The summed E-state index contributed by atoms with van der Waals surface area (Å²) in [7, 11) is 0. The molecule has 2 fully saturated rings. The van der Waals surface area contributed by atoms with Crippen LogP contribution < -0.4 is 10.2 Å². The highest BCUT2D eigenvalue weighted by molar-refractivity contribution is 7.15. The predicted octanol–water partition coefficient (Wildman–Crippen LogP) is 6.38. The van der Waals surface area contributed by atoms with Crippen molar-refractivity contribution in [3.05, 3.63) is 15.8 Å². The fourth-order valence-corrected chi connectivity index (χ4v) is 6.17. The second kappa shape index (κ2) is 13.9. The molecule has 0 atom stereocenters. The lowest BCUT2D eigenvalue weighted by Gasteiger charge is -2.39. The molecule has 0 spiro atoms. The molecule has 0 bridgehead atoms. The number of amides is 2. The van der Waals surface area contributed by atoms with Gasteiger partial charge in [-0.15, -0.1) is 11.3 Å². The van der Waals surface area contributed by atoms with Gasteiger partial charge in [0, 0.05) is 17.4 Å². The molecule has 2 aliphatic carbocycles. The topological polar surface area (TPSA) is 122 Å². The molecule has 232 valence electrons. The number of esters is 1. The summed E-state index contributed by atoms with van der Waals surface area (Å²) in [6.07, 6.45) is 4.66. The molecule has 0 aliphatic heterocycles. The lowest BCUT2D eigenvalue weighted by molar-refractivity contribution is -0.149. The van der Waals surface area contributed by atoms with Gasteiger partial charge < -0.3 is 24.8 Å². The van der Waals surface area contributed by atoms with Crippen molar-refractivity contribution in [3.63, 3.8) is 0 Å². The molecule has 0 unspecified atom stereocenters. The first-order valence-corrected chi connectivity index (χ1v) is 15.7. The monoisotopic (exact) mass is 602 g/mol. The van der Waals surface area contributed by atoms with E-state index < -0.39 is 23.6 Å². The summed E-state index contributed by atoms with van der Waals surface area (Å²) < 4.78 is 10.8. The van der Waals surface area contributed by atoms with Crippen LogP contribution in [0, 0.1) is 29.1 Å². The second-order valence-electron chi connectivity index (χ2n) is 13.6. The van der Waals surface area contributed by atoms with Crippen LogP contribution in [0.3, 0.4) is 0 Å². The van der Waals surface area contributed by atoms with Gasteiger partial charge in [-0.3, -0.25) is 9.59 Å². The van der Waals surface area contributed by atoms with E-state index in [0.717, 1.165) is 37.0 Å². The van der Waals surface area contributed by atoms with Gasteiger partial charge in [0.2, 0.25) is 5.91 Å². The number of anilines is 1. The molecule has 0 aromatic carbocycles. The number of hydrogen-bond donors (Lipinski definition) is 2. The van der Waals surface area contributed by atoms with Gasteiger partial charge in [0.1, 0.15) is 23.1 Å². The average molecular weight is 603 g/mol. The number of carbonyl (C=O) groups is 4. The number of aromatic carboxylic acids is 1. The quantitative estimate of drug-likeness (QED) is 0.274. The Labute approximate surface area is 253 Å². The molecule has 1 heterocycles. The van der Waals surface area contributed by atoms with Crippen molar-refractivity contribution in [2.45, 2.75) is 118 Å². The molecule has 2 aliphatic rings. The van der Waals surface area contributed by atoms with E-state index >= 15 is 0 Å². The highest BCUT2D eigenvalue weighted by Crippen LogP contribution is 2.39. The van der Waals surface area contributed by atoms with Gasteiger partial charge >= 0.3 is 18.0 Å². The van der Waals surface area contributed by atoms with Gasteiger partial charge in [-0.05, 0) is 105 Å². The number of alkyl carbamates (subject to hydrolysis) is 1. The molecule has 3 rings (SSSR count). The van der Waals surface area contributed by atoms with Crippen molar-refractivity contribution < 1.29 is 33.8 Å². The molecule has 10 heteroatoms. The highest BCUT2D eigenvalue weighted by atomic mass is 32.1. The van der Waals surface area contributed by atoms with Crippen molar-refractivity contribution in [1.82, 2.24) is 5.32 Å². The van der Waals surface area contributed by atoms with E-state index in [1.807, 2.05) is 20.8 Å². The van der Waals surface area contributed by atoms with E-state index in [2.05, 4.69) is 24.1 Å². The van der Waals surface area contributed by atoms with Crippen LogP contribution in [0.25, 0.3) is 0 Å². The lowest BCUT2D eigenvalue weighted by atomic mass is 9.81. The summed E-state index contributed by atoms with van der Waals surface area (Å²) in [4.78, 5) is 53.1. The summed E-state index contributed by atoms with van der Waals surface area (Å²) in [5.74, 6) is 5.05. The van der Waals surface area contributed by atoms with Gasteiger partial charge in [-0.2, -0.15) is 0 Å². The number of carboxylic acids is 1.